The topological polar surface area (TPSA) is 0 Å². The van der Waals surface area contributed by atoms with Crippen molar-refractivity contribution in [2.75, 3.05) is 0 Å². The summed E-state index contributed by atoms with van der Waals surface area (Å²) in [6.07, 6.45) is 0. The van der Waals surface area contributed by atoms with Crippen LogP contribution in [-0.2, 0) is 0 Å². The van der Waals surface area contributed by atoms with E-state index in [4.69, 9.17) is 0 Å². The van der Waals surface area contributed by atoms with Gasteiger partial charge >= 0.3 is 0 Å². The molecule has 0 atom stereocenters. The maximum atomic E-state index is 14.0. The SMILES string of the molecule is Cc1cc(F)c(C#Cc2cc(F)c3c(F)c(F)c(F)cc3c2)c(F)c1. The molecule has 0 aliphatic heterocycles. The molecule has 0 heterocycles. The highest BCUT2D eigenvalue weighted by molar-refractivity contribution is 5.85. The first-order valence-electron chi connectivity index (χ1n) is 7.02. The van der Waals surface area contributed by atoms with Crippen LogP contribution in [0.25, 0.3) is 10.8 Å². The number of benzene rings is 3. The first-order chi connectivity index (χ1) is 11.8. The summed E-state index contributed by atoms with van der Waals surface area (Å²) in [6.45, 7) is 1.50. The van der Waals surface area contributed by atoms with Crippen molar-refractivity contribution in [3.8, 4) is 11.8 Å². The van der Waals surface area contributed by atoms with Crippen molar-refractivity contribution in [2.24, 2.45) is 0 Å². The van der Waals surface area contributed by atoms with E-state index in [1.807, 2.05) is 0 Å². The van der Waals surface area contributed by atoms with E-state index < -0.39 is 45.9 Å². The van der Waals surface area contributed by atoms with Crippen LogP contribution in [0.4, 0.5) is 26.3 Å². The van der Waals surface area contributed by atoms with Crippen molar-refractivity contribution < 1.29 is 26.3 Å². The number of rotatable bonds is 0. The minimum atomic E-state index is -1.78. The fourth-order valence-corrected chi connectivity index (χ4v) is 2.41. The van der Waals surface area contributed by atoms with Gasteiger partial charge in [-0.2, -0.15) is 0 Å². The van der Waals surface area contributed by atoms with Gasteiger partial charge in [0.25, 0.3) is 0 Å². The summed E-state index contributed by atoms with van der Waals surface area (Å²) in [5.74, 6) is -3.28. The van der Waals surface area contributed by atoms with E-state index in [2.05, 4.69) is 11.8 Å². The Bertz CT molecular complexity index is 1050. The summed E-state index contributed by atoms with van der Waals surface area (Å²) in [5, 5.41) is -0.984. The molecule has 0 nitrogen and oxygen atoms in total. The summed E-state index contributed by atoms with van der Waals surface area (Å²) in [7, 11) is 0. The third-order valence-electron chi connectivity index (χ3n) is 3.54. The Hall–Kier alpha value is -2.94. The van der Waals surface area contributed by atoms with Crippen molar-refractivity contribution in [1.82, 2.24) is 0 Å². The summed E-state index contributed by atoms with van der Waals surface area (Å²) < 4.78 is 81.6. The second-order valence-electron chi connectivity index (χ2n) is 5.40. The zero-order valence-electron chi connectivity index (χ0n) is 12.7. The minimum Gasteiger partial charge on any atom is -0.206 e. The van der Waals surface area contributed by atoms with E-state index in [0.29, 0.717) is 11.6 Å². The smallest absolute Gasteiger partial charge is 0.195 e. The molecule has 3 aromatic carbocycles. The summed E-state index contributed by atoms with van der Waals surface area (Å²) >= 11 is 0. The molecule has 0 bridgehead atoms. The van der Waals surface area contributed by atoms with Crippen LogP contribution in [0, 0.1) is 53.7 Å². The van der Waals surface area contributed by atoms with Crippen molar-refractivity contribution in [3.63, 3.8) is 0 Å². The predicted molar refractivity (Wildman–Crippen MR) is 80.9 cm³/mol. The van der Waals surface area contributed by atoms with Gasteiger partial charge in [-0.15, -0.1) is 0 Å². The van der Waals surface area contributed by atoms with Crippen molar-refractivity contribution >= 4 is 10.8 Å². The molecule has 3 aromatic rings. The average Bonchev–Trinajstić information content (AvgIpc) is 2.51. The Morgan fingerprint density at radius 3 is 1.92 bits per heavy atom. The summed E-state index contributed by atoms with van der Waals surface area (Å²) in [5.41, 5.74) is -0.220. The number of halogens is 6. The Labute approximate surface area is 138 Å². The molecule has 0 amide bonds. The second-order valence-corrected chi connectivity index (χ2v) is 5.40. The standard InChI is InChI=1S/C19H8F6/c1-9-4-13(20)12(14(21)5-9)3-2-10-6-11-8-16(23)18(24)19(25)17(11)15(22)7-10/h4-8H,1H3. The zero-order chi connectivity index (χ0) is 18.3. The molecule has 126 valence electrons. The first-order valence-corrected chi connectivity index (χ1v) is 7.02. The predicted octanol–water partition coefficient (Wildman–Crippen LogP) is 5.38. The fourth-order valence-electron chi connectivity index (χ4n) is 2.41. The molecule has 0 saturated heterocycles. The molecule has 0 aliphatic carbocycles. The van der Waals surface area contributed by atoms with Gasteiger partial charge in [0.2, 0.25) is 0 Å². The maximum Gasteiger partial charge on any atom is 0.195 e. The maximum absolute atomic E-state index is 14.0. The van der Waals surface area contributed by atoms with Crippen molar-refractivity contribution in [2.45, 2.75) is 6.92 Å². The number of aryl methyl sites for hydroxylation is 1. The molecule has 6 heteroatoms. The lowest BCUT2D eigenvalue weighted by Crippen LogP contribution is -1.96. The number of hydrogen-bond donors (Lipinski definition) is 0. The molecular formula is C19H8F6. The second kappa shape index (κ2) is 6.17. The monoisotopic (exact) mass is 350 g/mol. The molecular weight excluding hydrogens is 342 g/mol. The molecule has 3 rings (SSSR count). The largest absolute Gasteiger partial charge is 0.206 e. The lowest BCUT2D eigenvalue weighted by atomic mass is 10.0. The first kappa shape index (κ1) is 16.9. The molecule has 0 saturated carbocycles. The van der Waals surface area contributed by atoms with Gasteiger partial charge in [-0.1, -0.05) is 11.8 Å². The molecule has 0 fully saturated rings. The van der Waals surface area contributed by atoms with Gasteiger partial charge in [-0.05, 0) is 48.2 Å². The Balaban J connectivity index is 2.15. The van der Waals surface area contributed by atoms with E-state index in [1.54, 1.807) is 0 Å². The highest BCUT2D eigenvalue weighted by atomic mass is 19.2. The quantitative estimate of drug-likeness (QED) is 0.290. The molecule has 0 N–H and O–H groups in total. The van der Waals surface area contributed by atoms with E-state index in [0.717, 1.165) is 24.3 Å². The zero-order valence-corrected chi connectivity index (χ0v) is 12.7. The van der Waals surface area contributed by atoms with Crippen LogP contribution in [-0.4, -0.2) is 0 Å². The van der Waals surface area contributed by atoms with Crippen LogP contribution in [0.3, 0.4) is 0 Å². The Morgan fingerprint density at radius 1 is 0.640 bits per heavy atom. The third-order valence-corrected chi connectivity index (χ3v) is 3.54. The highest BCUT2D eigenvalue weighted by Gasteiger charge is 2.17. The van der Waals surface area contributed by atoms with E-state index in [1.165, 1.54) is 6.92 Å². The fraction of sp³-hybridized carbons (Fsp3) is 0.0526. The van der Waals surface area contributed by atoms with Crippen molar-refractivity contribution in [3.05, 3.63) is 81.9 Å². The average molecular weight is 350 g/mol. The molecule has 25 heavy (non-hydrogen) atoms. The number of hydrogen-bond acceptors (Lipinski definition) is 0. The Morgan fingerprint density at radius 2 is 1.28 bits per heavy atom. The minimum absolute atomic E-state index is 0.0743. The highest BCUT2D eigenvalue weighted by Crippen LogP contribution is 2.26. The third kappa shape index (κ3) is 3.05. The van der Waals surface area contributed by atoms with Crippen LogP contribution in [0.15, 0.2) is 30.3 Å². The van der Waals surface area contributed by atoms with Gasteiger partial charge in [0.15, 0.2) is 17.5 Å². The summed E-state index contributed by atoms with van der Waals surface area (Å²) in [4.78, 5) is 0. The van der Waals surface area contributed by atoms with Crippen LogP contribution in [0.5, 0.6) is 0 Å². The van der Waals surface area contributed by atoms with Gasteiger partial charge < -0.3 is 0 Å². The summed E-state index contributed by atoms with van der Waals surface area (Å²) in [6, 6.07) is 4.67. The van der Waals surface area contributed by atoms with Gasteiger partial charge in [0, 0.05) is 5.56 Å². The van der Waals surface area contributed by atoms with Crippen LogP contribution in [0.1, 0.15) is 16.7 Å². The van der Waals surface area contributed by atoms with E-state index >= 15 is 0 Å². The van der Waals surface area contributed by atoms with Gasteiger partial charge in [-0.25, -0.2) is 26.3 Å². The van der Waals surface area contributed by atoms with E-state index in [9.17, 15) is 26.3 Å². The van der Waals surface area contributed by atoms with Crippen LogP contribution < -0.4 is 0 Å². The normalized spacial score (nSPS) is 10.7. The van der Waals surface area contributed by atoms with Crippen LogP contribution in [0.2, 0.25) is 0 Å². The van der Waals surface area contributed by atoms with Gasteiger partial charge in [0.05, 0.1) is 10.9 Å². The Kier molecular flexibility index (Phi) is 4.17. The lowest BCUT2D eigenvalue weighted by Gasteiger charge is -2.04. The molecule has 0 aromatic heterocycles. The number of fused-ring (bicyclic) bond motifs is 1. The molecule has 0 radical (unpaired) electrons. The van der Waals surface area contributed by atoms with Gasteiger partial charge in [-0.3, -0.25) is 0 Å². The molecule has 0 spiro atoms. The van der Waals surface area contributed by atoms with Crippen molar-refractivity contribution in [1.29, 1.82) is 0 Å². The van der Waals surface area contributed by atoms with Gasteiger partial charge in [0.1, 0.15) is 17.5 Å². The molecule has 0 unspecified atom stereocenters. The molecule has 0 aliphatic rings. The lowest BCUT2D eigenvalue weighted by molar-refractivity contribution is 0.451. The van der Waals surface area contributed by atoms with Crippen LogP contribution >= 0.6 is 0 Å². The van der Waals surface area contributed by atoms with E-state index in [-0.39, 0.29) is 10.9 Å².